The van der Waals surface area contributed by atoms with Gasteiger partial charge in [-0.3, -0.25) is 0 Å². The lowest BCUT2D eigenvalue weighted by Crippen LogP contribution is -2.24. The van der Waals surface area contributed by atoms with Crippen LogP contribution < -0.4 is 0 Å². The van der Waals surface area contributed by atoms with Crippen LogP contribution in [0, 0.1) is 5.41 Å². The van der Waals surface area contributed by atoms with Crippen LogP contribution in [0.1, 0.15) is 12.8 Å². The Bertz CT molecular complexity index is 216. The van der Waals surface area contributed by atoms with Crippen LogP contribution in [0.15, 0.2) is 0 Å². The monoisotopic (exact) mass is 192 g/mol. The van der Waals surface area contributed by atoms with Gasteiger partial charge >= 0.3 is 7.12 Å². The molecule has 1 aliphatic carbocycles. The van der Waals surface area contributed by atoms with Crippen molar-refractivity contribution in [1.82, 2.24) is 0 Å². The quantitative estimate of drug-likeness (QED) is 0.586. The summed E-state index contributed by atoms with van der Waals surface area (Å²) in [4.78, 5) is 0. The Balaban J connectivity index is 2.15. The van der Waals surface area contributed by atoms with Gasteiger partial charge in [0.15, 0.2) is 0 Å². The van der Waals surface area contributed by atoms with Crippen molar-refractivity contribution >= 4 is 7.12 Å². The minimum Gasteiger partial charge on any atom is -0.427 e. The average Bonchev–Trinajstić information content (AvgIpc) is 2.48. The Kier molecular flexibility index (Phi) is 1.91. The van der Waals surface area contributed by atoms with E-state index in [0.29, 0.717) is 13.2 Å². The normalized spacial score (nSPS) is 34.6. The van der Waals surface area contributed by atoms with Crippen molar-refractivity contribution < 1.29 is 23.6 Å². The van der Waals surface area contributed by atoms with E-state index in [0.717, 1.165) is 0 Å². The Labute approximate surface area is 74.8 Å². The molecule has 1 saturated heterocycles. The van der Waals surface area contributed by atoms with Gasteiger partial charge in [0.1, 0.15) is 0 Å². The maximum atomic E-state index is 13.2. The SMILES string of the molecule is OB(O)C1C(F)(F)C12CCOCC2. The van der Waals surface area contributed by atoms with Gasteiger partial charge in [0.25, 0.3) is 5.92 Å². The highest BCUT2D eigenvalue weighted by molar-refractivity contribution is 6.45. The topological polar surface area (TPSA) is 49.7 Å². The fraction of sp³-hybridized carbons (Fsp3) is 1.00. The molecule has 1 unspecified atom stereocenters. The zero-order valence-corrected chi connectivity index (χ0v) is 7.04. The molecule has 1 aliphatic heterocycles. The highest BCUT2D eigenvalue weighted by Gasteiger charge is 2.83. The van der Waals surface area contributed by atoms with E-state index in [4.69, 9.17) is 14.8 Å². The predicted molar refractivity (Wildman–Crippen MR) is 41.4 cm³/mol. The van der Waals surface area contributed by atoms with E-state index < -0.39 is 24.3 Å². The molecule has 0 bridgehead atoms. The second-order valence-corrected chi connectivity index (χ2v) is 3.78. The molecule has 2 rings (SSSR count). The van der Waals surface area contributed by atoms with E-state index in [2.05, 4.69) is 0 Å². The predicted octanol–water partition coefficient (Wildman–Crippen LogP) is 0.275. The molecular formula is C7H11BF2O3. The lowest BCUT2D eigenvalue weighted by Gasteiger charge is -2.22. The molecule has 74 valence electrons. The summed E-state index contributed by atoms with van der Waals surface area (Å²) in [5, 5.41) is 17.6. The van der Waals surface area contributed by atoms with Crippen LogP contribution in [0.3, 0.4) is 0 Å². The van der Waals surface area contributed by atoms with Crippen LogP contribution >= 0.6 is 0 Å². The lowest BCUT2D eigenvalue weighted by molar-refractivity contribution is -0.00817. The number of hydrogen-bond donors (Lipinski definition) is 2. The van der Waals surface area contributed by atoms with Crippen molar-refractivity contribution in [2.45, 2.75) is 24.6 Å². The van der Waals surface area contributed by atoms with Gasteiger partial charge in [-0.25, -0.2) is 8.78 Å². The number of rotatable bonds is 1. The molecule has 6 heteroatoms. The van der Waals surface area contributed by atoms with E-state index in [1.807, 2.05) is 0 Å². The Hall–Kier alpha value is -0.195. The van der Waals surface area contributed by atoms with Crippen LogP contribution in [0.5, 0.6) is 0 Å². The van der Waals surface area contributed by atoms with E-state index in [9.17, 15) is 8.78 Å². The molecule has 3 nitrogen and oxygen atoms in total. The third-order valence-electron chi connectivity index (χ3n) is 3.25. The molecule has 1 spiro atoms. The van der Waals surface area contributed by atoms with Crippen molar-refractivity contribution in [3.8, 4) is 0 Å². The summed E-state index contributed by atoms with van der Waals surface area (Å²) < 4.78 is 31.4. The molecule has 13 heavy (non-hydrogen) atoms. The molecule has 1 heterocycles. The zero-order valence-electron chi connectivity index (χ0n) is 7.04. The van der Waals surface area contributed by atoms with Gasteiger partial charge in [-0.05, 0) is 12.8 Å². The number of halogens is 2. The van der Waals surface area contributed by atoms with Crippen LogP contribution in [0.2, 0.25) is 5.82 Å². The average molecular weight is 192 g/mol. The van der Waals surface area contributed by atoms with Crippen LogP contribution in [-0.4, -0.2) is 36.3 Å². The van der Waals surface area contributed by atoms with E-state index >= 15 is 0 Å². The third-order valence-corrected chi connectivity index (χ3v) is 3.25. The first kappa shape index (κ1) is 9.36. The first-order valence-electron chi connectivity index (χ1n) is 4.34. The van der Waals surface area contributed by atoms with Gasteiger partial charge in [-0.2, -0.15) is 0 Å². The highest BCUT2D eigenvalue weighted by atomic mass is 19.3. The fourth-order valence-corrected chi connectivity index (χ4v) is 2.39. The first-order chi connectivity index (χ1) is 6.02. The molecular weight excluding hydrogens is 181 g/mol. The van der Waals surface area contributed by atoms with E-state index in [1.54, 1.807) is 0 Å². The molecule has 2 N–H and O–H groups in total. The minimum atomic E-state index is -2.93. The molecule has 2 aliphatic rings. The number of alkyl halides is 2. The van der Waals surface area contributed by atoms with E-state index in [-0.39, 0.29) is 12.8 Å². The summed E-state index contributed by atoms with van der Waals surface area (Å²) in [6, 6.07) is 0. The van der Waals surface area contributed by atoms with Gasteiger partial charge in [-0.1, -0.05) is 0 Å². The summed E-state index contributed by atoms with van der Waals surface area (Å²) in [7, 11) is -1.91. The number of hydrogen-bond acceptors (Lipinski definition) is 3. The maximum Gasteiger partial charge on any atom is 0.461 e. The van der Waals surface area contributed by atoms with Gasteiger partial charge in [0.05, 0.1) is 5.82 Å². The van der Waals surface area contributed by atoms with Crippen molar-refractivity contribution in [2.24, 2.45) is 5.41 Å². The van der Waals surface area contributed by atoms with Crippen LogP contribution in [-0.2, 0) is 4.74 Å². The summed E-state index contributed by atoms with van der Waals surface area (Å²) in [5.74, 6) is -4.21. The zero-order chi connectivity index (χ0) is 9.69. The molecule has 2 fully saturated rings. The summed E-state index contributed by atoms with van der Waals surface area (Å²) in [6.07, 6.45) is 0.449. The third kappa shape index (κ3) is 1.05. The fourth-order valence-electron chi connectivity index (χ4n) is 2.39. The van der Waals surface area contributed by atoms with Crippen molar-refractivity contribution in [3.05, 3.63) is 0 Å². The Morgan fingerprint density at radius 2 is 1.77 bits per heavy atom. The van der Waals surface area contributed by atoms with Crippen molar-refractivity contribution in [3.63, 3.8) is 0 Å². The summed E-state index contributed by atoms with van der Waals surface area (Å²) in [5.41, 5.74) is -1.20. The summed E-state index contributed by atoms with van der Waals surface area (Å²) in [6.45, 7) is 0.581. The van der Waals surface area contributed by atoms with Gasteiger partial charge in [0, 0.05) is 18.6 Å². The Morgan fingerprint density at radius 3 is 2.15 bits per heavy atom. The van der Waals surface area contributed by atoms with E-state index in [1.165, 1.54) is 0 Å². The highest BCUT2D eigenvalue weighted by Crippen LogP contribution is 2.75. The summed E-state index contributed by atoms with van der Waals surface area (Å²) >= 11 is 0. The molecule has 0 aromatic rings. The molecule has 0 aromatic carbocycles. The lowest BCUT2D eigenvalue weighted by atomic mass is 9.75. The van der Waals surface area contributed by atoms with Gasteiger partial charge in [0.2, 0.25) is 0 Å². The number of ether oxygens (including phenoxy) is 1. The standard InChI is InChI=1S/C7H11BF2O3/c9-7(10)5(8(11)12)6(7)1-3-13-4-2-6/h5,11-12H,1-4H2. The smallest absolute Gasteiger partial charge is 0.427 e. The molecule has 0 radical (unpaired) electrons. The second kappa shape index (κ2) is 2.65. The van der Waals surface area contributed by atoms with Gasteiger partial charge in [-0.15, -0.1) is 0 Å². The first-order valence-corrected chi connectivity index (χ1v) is 4.34. The van der Waals surface area contributed by atoms with Crippen molar-refractivity contribution in [1.29, 1.82) is 0 Å². The van der Waals surface area contributed by atoms with Crippen LogP contribution in [0.25, 0.3) is 0 Å². The van der Waals surface area contributed by atoms with Crippen LogP contribution in [0.4, 0.5) is 8.78 Å². The molecule has 1 atom stereocenters. The molecule has 0 amide bonds. The largest absolute Gasteiger partial charge is 0.461 e. The van der Waals surface area contributed by atoms with Crippen molar-refractivity contribution in [2.75, 3.05) is 13.2 Å². The minimum absolute atomic E-state index is 0.224. The Morgan fingerprint density at radius 1 is 1.23 bits per heavy atom. The molecule has 0 aromatic heterocycles. The van der Waals surface area contributed by atoms with Gasteiger partial charge < -0.3 is 14.8 Å². The molecule has 1 saturated carbocycles. The maximum absolute atomic E-state index is 13.2. The second-order valence-electron chi connectivity index (χ2n) is 3.78.